The van der Waals surface area contributed by atoms with Gasteiger partial charge < -0.3 is 10.4 Å². The molecule has 0 aromatic heterocycles. The molecule has 1 amide bonds. The lowest BCUT2D eigenvalue weighted by Gasteiger charge is -2.11. The standard InChI is InChI=1S/C10H11Br2NO2/c1-6(5-14)13-10(15)8-4-7(11)2-3-9(8)12/h2-4,6,14H,5H2,1H3,(H,13,15)/t6-/m0/s1. The molecule has 0 radical (unpaired) electrons. The number of nitrogens with one attached hydrogen (secondary N) is 1. The first-order valence-electron chi connectivity index (χ1n) is 4.41. The average molecular weight is 337 g/mol. The highest BCUT2D eigenvalue weighted by atomic mass is 79.9. The molecule has 0 aliphatic rings. The Morgan fingerprint density at radius 3 is 2.80 bits per heavy atom. The zero-order chi connectivity index (χ0) is 11.4. The molecule has 3 nitrogen and oxygen atoms in total. The van der Waals surface area contributed by atoms with E-state index in [-0.39, 0.29) is 18.6 Å². The fourth-order valence-electron chi connectivity index (χ4n) is 1.02. The Balaban J connectivity index is 2.86. The Hall–Kier alpha value is -0.390. The van der Waals surface area contributed by atoms with Crippen molar-refractivity contribution in [2.75, 3.05) is 6.61 Å². The molecule has 15 heavy (non-hydrogen) atoms. The van der Waals surface area contributed by atoms with Gasteiger partial charge in [-0.1, -0.05) is 15.9 Å². The molecule has 82 valence electrons. The molecule has 0 bridgehead atoms. The van der Waals surface area contributed by atoms with Crippen LogP contribution in [0.1, 0.15) is 17.3 Å². The Morgan fingerprint density at radius 2 is 2.20 bits per heavy atom. The van der Waals surface area contributed by atoms with E-state index in [0.29, 0.717) is 5.56 Å². The van der Waals surface area contributed by atoms with Gasteiger partial charge in [0.25, 0.3) is 5.91 Å². The largest absolute Gasteiger partial charge is 0.394 e. The van der Waals surface area contributed by atoms with Gasteiger partial charge in [0.1, 0.15) is 0 Å². The first kappa shape index (κ1) is 12.7. The van der Waals surface area contributed by atoms with Crippen LogP contribution in [0.3, 0.4) is 0 Å². The highest BCUT2D eigenvalue weighted by Gasteiger charge is 2.12. The van der Waals surface area contributed by atoms with Crippen LogP contribution in [0.2, 0.25) is 0 Å². The molecule has 0 saturated heterocycles. The summed E-state index contributed by atoms with van der Waals surface area (Å²) in [4.78, 5) is 11.7. The first-order chi connectivity index (χ1) is 7.04. The molecular weight excluding hydrogens is 326 g/mol. The molecule has 5 heteroatoms. The van der Waals surface area contributed by atoms with E-state index >= 15 is 0 Å². The summed E-state index contributed by atoms with van der Waals surface area (Å²) in [5.74, 6) is -0.204. The van der Waals surface area contributed by atoms with Crippen molar-refractivity contribution in [1.29, 1.82) is 0 Å². The minimum atomic E-state index is -0.247. The van der Waals surface area contributed by atoms with Crippen LogP contribution >= 0.6 is 31.9 Å². The molecule has 0 fully saturated rings. The van der Waals surface area contributed by atoms with Gasteiger partial charge in [-0.15, -0.1) is 0 Å². The van der Waals surface area contributed by atoms with Crippen molar-refractivity contribution in [1.82, 2.24) is 5.32 Å². The molecule has 0 aliphatic heterocycles. The summed E-state index contributed by atoms with van der Waals surface area (Å²) in [6, 6.07) is 5.12. The van der Waals surface area contributed by atoms with Crippen LogP contribution in [0.5, 0.6) is 0 Å². The molecule has 0 heterocycles. The normalized spacial score (nSPS) is 12.3. The van der Waals surface area contributed by atoms with Gasteiger partial charge in [-0.25, -0.2) is 0 Å². The molecule has 1 aromatic carbocycles. The van der Waals surface area contributed by atoms with E-state index in [4.69, 9.17) is 5.11 Å². The Morgan fingerprint density at radius 1 is 1.53 bits per heavy atom. The summed E-state index contributed by atoms with van der Waals surface area (Å²) in [5.41, 5.74) is 0.546. The summed E-state index contributed by atoms with van der Waals surface area (Å²) < 4.78 is 1.57. The lowest BCUT2D eigenvalue weighted by Crippen LogP contribution is -2.35. The molecular formula is C10H11Br2NO2. The third-order valence-electron chi connectivity index (χ3n) is 1.82. The van der Waals surface area contributed by atoms with E-state index in [1.54, 1.807) is 19.1 Å². The van der Waals surface area contributed by atoms with Crippen molar-refractivity contribution in [2.24, 2.45) is 0 Å². The summed E-state index contributed by atoms with van der Waals surface area (Å²) >= 11 is 6.60. The zero-order valence-electron chi connectivity index (χ0n) is 8.13. The minimum Gasteiger partial charge on any atom is -0.394 e. The SMILES string of the molecule is C[C@@H](CO)NC(=O)c1cc(Br)ccc1Br. The van der Waals surface area contributed by atoms with E-state index in [9.17, 15) is 4.79 Å². The number of carbonyl (C=O) groups excluding carboxylic acids is 1. The summed E-state index contributed by atoms with van der Waals surface area (Å²) in [6.45, 7) is 1.67. The molecule has 0 aliphatic carbocycles. The number of hydrogen-bond donors (Lipinski definition) is 2. The molecule has 0 spiro atoms. The average Bonchev–Trinajstić information content (AvgIpc) is 2.21. The summed E-state index contributed by atoms with van der Waals surface area (Å²) in [7, 11) is 0. The van der Waals surface area contributed by atoms with Crippen molar-refractivity contribution in [3.8, 4) is 0 Å². The van der Waals surface area contributed by atoms with Crippen molar-refractivity contribution in [3.63, 3.8) is 0 Å². The van der Waals surface area contributed by atoms with Crippen LogP contribution in [0.15, 0.2) is 27.1 Å². The number of halogens is 2. The quantitative estimate of drug-likeness (QED) is 0.890. The van der Waals surface area contributed by atoms with Gasteiger partial charge in [-0.2, -0.15) is 0 Å². The Kier molecular flexibility index (Phi) is 4.76. The van der Waals surface area contributed by atoms with Crippen LogP contribution in [0.25, 0.3) is 0 Å². The zero-order valence-corrected chi connectivity index (χ0v) is 11.3. The maximum Gasteiger partial charge on any atom is 0.252 e. The van der Waals surface area contributed by atoms with Crippen LogP contribution in [0, 0.1) is 0 Å². The summed E-state index contributed by atoms with van der Waals surface area (Å²) in [6.07, 6.45) is 0. The van der Waals surface area contributed by atoms with Crippen molar-refractivity contribution >= 4 is 37.8 Å². The third-order valence-corrected chi connectivity index (χ3v) is 3.01. The van der Waals surface area contributed by atoms with Crippen molar-refractivity contribution < 1.29 is 9.90 Å². The number of benzene rings is 1. The minimum absolute atomic E-state index is 0.0721. The van der Waals surface area contributed by atoms with Gasteiger partial charge in [0.2, 0.25) is 0 Å². The smallest absolute Gasteiger partial charge is 0.252 e. The van der Waals surface area contributed by atoms with Gasteiger partial charge in [0.05, 0.1) is 12.2 Å². The van der Waals surface area contributed by atoms with Crippen LogP contribution in [-0.2, 0) is 0 Å². The lowest BCUT2D eigenvalue weighted by molar-refractivity contribution is 0.0921. The number of aliphatic hydroxyl groups is 1. The Labute approximate surface area is 105 Å². The highest BCUT2D eigenvalue weighted by molar-refractivity contribution is 9.11. The number of carbonyl (C=O) groups is 1. The second kappa shape index (κ2) is 5.63. The van der Waals surface area contributed by atoms with E-state index in [0.717, 1.165) is 8.95 Å². The van der Waals surface area contributed by atoms with E-state index in [1.807, 2.05) is 6.07 Å². The molecule has 0 saturated carbocycles. The molecule has 2 N–H and O–H groups in total. The maximum atomic E-state index is 11.7. The molecule has 1 rings (SSSR count). The predicted octanol–water partition coefficient (Wildman–Crippen LogP) is 2.32. The first-order valence-corrected chi connectivity index (χ1v) is 6.00. The Bertz CT molecular complexity index is 368. The maximum absolute atomic E-state index is 11.7. The second-order valence-corrected chi connectivity index (χ2v) is 4.95. The second-order valence-electron chi connectivity index (χ2n) is 3.18. The molecule has 1 aromatic rings. The van der Waals surface area contributed by atoms with Crippen molar-refractivity contribution in [3.05, 3.63) is 32.7 Å². The monoisotopic (exact) mass is 335 g/mol. The number of aliphatic hydroxyl groups excluding tert-OH is 1. The predicted molar refractivity (Wildman–Crippen MR) is 65.9 cm³/mol. The van der Waals surface area contributed by atoms with Crippen LogP contribution in [0.4, 0.5) is 0 Å². The fraction of sp³-hybridized carbons (Fsp3) is 0.300. The number of amides is 1. The van der Waals surface area contributed by atoms with E-state index in [1.165, 1.54) is 0 Å². The van der Waals surface area contributed by atoms with Gasteiger partial charge in [-0.05, 0) is 41.1 Å². The van der Waals surface area contributed by atoms with Gasteiger partial charge in [0.15, 0.2) is 0 Å². The van der Waals surface area contributed by atoms with Gasteiger partial charge >= 0.3 is 0 Å². The highest BCUT2D eigenvalue weighted by Crippen LogP contribution is 2.21. The molecule has 0 unspecified atom stereocenters. The van der Waals surface area contributed by atoms with Crippen LogP contribution in [-0.4, -0.2) is 23.7 Å². The van der Waals surface area contributed by atoms with Crippen molar-refractivity contribution in [2.45, 2.75) is 13.0 Å². The number of rotatable bonds is 3. The lowest BCUT2D eigenvalue weighted by atomic mass is 10.2. The third kappa shape index (κ3) is 3.59. The topological polar surface area (TPSA) is 49.3 Å². The van der Waals surface area contributed by atoms with E-state index < -0.39 is 0 Å². The molecule has 1 atom stereocenters. The van der Waals surface area contributed by atoms with Gasteiger partial charge in [-0.3, -0.25) is 4.79 Å². The van der Waals surface area contributed by atoms with Gasteiger partial charge in [0, 0.05) is 15.0 Å². The summed E-state index contributed by atoms with van der Waals surface area (Å²) in [5, 5.41) is 11.5. The number of hydrogen-bond acceptors (Lipinski definition) is 2. The van der Waals surface area contributed by atoms with E-state index in [2.05, 4.69) is 37.2 Å². The van der Waals surface area contributed by atoms with Crippen LogP contribution < -0.4 is 5.32 Å². The fourth-order valence-corrected chi connectivity index (χ4v) is 1.81.